The lowest BCUT2D eigenvalue weighted by atomic mass is 9.94. The number of hydrogen-bond acceptors (Lipinski definition) is 3. The molecule has 1 atom stereocenters. The smallest absolute Gasteiger partial charge is 0.254 e. The highest BCUT2D eigenvalue weighted by atomic mass is 16.5. The zero-order valence-electron chi connectivity index (χ0n) is 19.1. The summed E-state index contributed by atoms with van der Waals surface area (Å²) in [6.45, 7) is 9.85. The Labute approximate surface area is 187 Å². The lowest BCUT2D eigenvalue weighted by Gasteiger charge is -2.36. The van der Waals surface area contributed by atoms with Crippen LogP contribution < -0.4 is 0 Å². The van der Waals surface area contributed by atoms with E-state index in [0.29, 0.717) is 5.92 Å². The van der Waals surface area contributed by atoms with Crippen molar-refractivity contribution in [3.05, 3.63) is 70.8 Å². The van der Waals surface area contributed by atoms with E-state index < -0.39 is 0 Å². The van der Waals surface area contributed by atoms with Crippen LogP contribution in [0.25, 0.3) is 0 Å². The van der Waals surface area contributed by atoms with Crippen molar-refractivity contribution in [2.75, 3.05) is 32.8 Å². The molecular weight excluding hydrogens is 384 g/mol. The predicted octanol–water partition coefficient (Wildman–Crippen LogP) is 4.84. The van der Waals surface area contributed by atoms with Gasteiger partial charge in [0, 0.05) is 31.8 Å². The molecule has 0 aliphatic carbocycles. The van der Waals surface area contributed by atoms with E-state index in [-0.39, 0.29) is 12.0 Å². The van der Waals surface area contributed by atoms with Crippen LogP contribution in [-0.4, -0.2) is 54.6 Å². The Morgan fingerprint density at radius 3 is 2.35 bits per heavy atom. The standard InChI is InChI=1S/C27H36N2O2/c1-21-8-3-5-10-24(21)19-28-15-13-23(14-16-28)18-29(20-25-11-7-17-31-25)27(30)26-12-6-4-9-22(26)2/h3-6,8-10,12,23,25H,7,11,13-20H2,1-2H3. The van der Waals surface area contributed by atoms with Gasteiger partial charge in [0.15, 0.2) is 0 Å². The average Bonchev–Trinajstić information content (AvgIpc) is 3.29. The van der Waals surface area contributed by atoms with Gasteiger partial charge in [-0.15, -0.1) is 0 Å². The summed E-state index contributed by atoms with van der Waals surface area (Å²) >= 11 is 0. The molecule has 31 heavy (non-hydrogen) atoms. The van der Waals surface area contributed by atoms with Crippen molar-refractivity contribution >= 4 is 5.91 Å². The summed E-state index contributed by atoms with van der Waals surface area (Å²) in [5.41, 5.74) is 4.68. The second-order valence-corrected chi connectivity index (χ2v) is 9.31. The van der Waals surface area contributed by atoms with Gasteiger partial charge in [-0.1, -0.05) is 42.5 Å². The fourth-order valence-corrected chi connectivity index (χ4v) is 4.92. The molecule has 166 valence electrons. The Bertz CT molecular complexity index is 867. The van der Waals surface area contributed by atoms with Gasteiger partial charge in [0.2, 0.25) is 0 Å². The molecule has 2 fully saturated rings. The van der Waals surface area contributed by atoms with Gasteiger partial charge < -0.3 is 9.64 Å². The van der Waals surface area contributed by atoms with Crippen LogP contribution in [0.2, 0.25) is 0 Å². The van der Waals surface area contributed by atoms with Crippen molar-refractivity contribution in [2.45, 2.75) is 52.2 Å². The number of nitrogens with zero attached hydrogens (tertiary/aromatic N) is 2. The van der Waals surface area contributed by atoms with Crippen LogP contribution in [0.4, 0.5) is 0 Å². The molecule has 4 nitrogen and oxygen atoms in total. The van der Waals surface area contributed by atoms with Gasteiger partial charge in [0.25, 0.3) is 5.91 Å². The predicted molar refractivity (Wildman–Crippen MR) is 125 cm³/mol. The number of amides is 1. The Hall–Kier alpha value is -2.17. The Morgan fingerprint density at radius 2 is 1.68 bits per heavy atom. The third-order valence-corrected chi connectivity index (χ3v) is 6.95. The molecule has 2 saturated heterocycles. The fraction of sp³-hybridized carbons (Fsp3) is 0.519. The number of piperidine rings is 1. The fourth-order valence-electron chi connectivity index (χ4n) is 4.92. The molecule has 0 bridgehead atoms. The molecule has 1 amide bonds. The Kier molecular flexibility index (Phi) is 7.41. The molecule has 2 aromatic carbocycles. The molecule has 1 unspecified atom stereocenters. The maximum Gasteiger partial charge on any atom is 0.254 e. The maximum atomic E-state index is 13.4. The SMILES string of the molecule is Cc1ccccc1CN1CCC(CN(CC2CCCO2)C(=O)c2ccccc2C)CC1. The van der Waals surface area contributed by atoms with E-state index in [9.17, 15) is 4.79 Å². The van der Waals surface area contributed by atoms with Gasteiger partial charge in [-0.2, -0.15) is 0 Å². The monoisotopic (exact) mass is 420 g/mol. The maximum absolute atomic E-state index is 13.4. The average molecular weight is 421 g/mol. The lowest BCUT2D eigenvalue weighted by molar-refractivity contribution is 0.0444. The second-order valence-electron chi connectivity index (χ2n) is 9.31. The topological polar surface area (TPSA) is 32.8 Å². The van der Waals surface area contributed by atoms with Crippen molar-refractivity contribution in [1.29, 1.82) is 0 Å². The minimum Gasteiger partial charge on any atom is -0.376 e. The summed E-state index contributed by atoms with van der Waals surface area (Å²) in [6, 6.07) is 16.6. The molecule has 4 rings (SSSR count). The molecule has 2 aliphatic rings. The van der Waals surface area contributed by atoms with Crippen LogP contribution in [0.5, 0.6) is 0 Å². The first-order chi connectivity index (χ1) is 15.1. The molecule has 2 aliphatic heterocycles. The van der Waals surface area contributed by atoms with Crippen molar-refractivity contribution in [1.82, 2.24) is 9.80 Å². The Balaban J connectivity index is 1.37. The van der Waals surface area contributed by atoms with Gasteiger partial charge in [0.1, 0.15) is 0 Å². The number of rotatable bonds is 7. The highest BCUT2D eigenvalue weighted by molar-refractivity contribution is 5.95. The summed E-state index contributed by atoms with van der Waals surface area (Å²) < 4.78 is 5.88. The van der Waals surface area contributed by atoms with Crippen molar-refractivity contribution in [3.8, 4) is 0 Å². The number of carbonyl (C=O) groups excluding carboxylic acids is 1. The van der Waals surface area contributed by atoms with Crippen LogP contribution in [0.15, 0.2) is 48.5 Å². The van der Waals surface area contributed by atoms with Crippen molar-refractivity contribution in [2.24, 2.45) is 5.92 Å². The van der Waals surface area contributed by atoms with E-state index in [2.05, 4.69) is 41.0 Å². The highest BCUT2D eigenvalue weighted by Gasteiger charge is 2.28. The largest absolute Gasteiger partial charge is 0.376 e. The number of likely N-dealkylation sites (tertiary alicyclic amines) is 1. The van der Waals surface area contributed by atoms with E-state index >= 15 is 0 Å². The normalized spacial score (nSPS) is 20.1. The van der Waals surface area contributed by atoms with Crippen LogP contribution in [-0.2, 0) is 11.3 Å². The molecular formula is C27H36N2O2. The van der Waals surface area contributed by atoms with Crippen molar-refractivity contribution < 1.29 is 9.53 Å². The minimum absolute atomic E-state index is 0.163. The van der Waals surface area contributed by atoms with Gasteiger partial charge in [0.05, 0.1) is 6.10 Å². The van der Waals surface area contributed by atoms with Gasteiger partial charge in [-0.3, -0.25) is 9.69 Å². The van der Waals surface area contributed by atoms with Crippen LogP contribution in [0.1, 0.15) is 52.7 Å². The van der Waals surface area contributed by atoms with E-state index in [1.807, 2.05) is 31.2 Å². The zero-order chi connectivity index (χ0) is 21.6. The summed E-state index contributed by atoms with van der Waals surface area (Å²) in [5.74, 6) is 0.721. The first-order valence-electron chi connectivity index (χ1n) is 11.8. The quantitative estimate of drug-likeness (QED) is 0.643. The lowest BCUT2D eigenvalue weighted by Crippen LogP contribution is -2.43. The van der Waals surface area contributed by atoms with Gasteiger partial charge >= 0.3 is 0 Å². The van der Waals surface area contributed by atoms with Crippen LogP contribution >= 0.6 is 0 Å². The zero-order valence-corrected chi connectivity index (χ0v) is 19.1. The van der Waals surface area contributed by atoms with E-state index in [0.717, 1.165) is 76.1 Å². The number of carbonyl (C=O) groups is 1. The molecule has 0 aromatic heterocycles. The third kappa shape index (κ3) is 5.75. The van der Waals surface area contributed by atoms with E-state index in [4.69, 9.17) is 4.74 Å². The molecule has 0 radical (unpaired) electrons. The van der Waals surface area contributed by atoms with Crippen LogP contribution in [0, 0.1) is 19.8 Å². The second kappa shape index (κ2) is 10.4. The minimum atomic E-state index is 0.163. The van der Waals surface area contributed by atoms with Gasteiger partial charge in [-0.25, -0.2) is 0 Å². The first-order valence-corrected chi connectivity index (χ1v) is 11.8. The molecule has 0 spiro atoms. The Morgan fingerprint density at radius 1 is 0.968 bits per heavy atom. The third-order valence-electron chi connectivity index (χ3n) is 6.95. The van der Waals surface area contributed by atoms with Crippen molar-refractivity contribution in [3.63, 3.8) is 0 Å². The number of ether oxygens (including phenoxy) is 1. The number of benzene rings is 2. The van der Waals surface area contributed by atoms with Gasteiger partial charge in [-0.05, 0) is 81.3 Å². The molecule has 2 aromatic rings. The van der Waals surface area contributed by atoms with Crippen LogP contribution in [0.3, 0.4) is 0 Å². The molecule has 4 heteroatoms. The first kappa shape index (κ1) is 22.0. The summed E-state index contributed by atoms with van der Waals surface area (Å²) in [5, 5.41) is 0. The molecule has 0 N–H and O–H groups in total. The number of hydrogen-bond donors (Lipinski definition) is 0. The number of aryl methyl sites for hydroxylation is 2. The molecule has 2 heterocycles. The van der Waals surface area contributed by atoms with E-state index in [1.54, 1.807) is 0 Å². The summed E-state index contributed by atoms with van der Waals surface area (Å²) in [7, 11) is 0. The summed E-state index contributed by atoms with van der Waals surface area (Å²) in [6.07, 6.45) is 4.65. The highest BCUT2D eigenvalue weighted by Crippen LogP contribution is 2.24. The summed E-state index contributed by atoms with van der Waals surface area (Å²) in [4.78, 5) is 18.1. The van der Waals surface area contributed by atoms with E-state index in [1.165, 1.54) is 11.1 Å². The molecule has 0 saturated carbocycles.